The predicted molar refractivity (Wildman–Crippen MR) is 111 cm³/mol. The van der Waals surface area contributed by atoms with Crippen molar-refractivity contribution in [2.45, 2.75) is 6.92 Å². The van der Waals surface area contributed by atoms with Crippen LogP contribution in [0.3, 0.4) is 0 Å². The lowest BCUT2D eigenvalue weighted by atomic mass is 10.00. The zero-order chi connectivity index (χ0) is 19.7. The number of aromatic nitrogens is 1. The SMILES string of the molecule is COc1ccc(-c2ccc(-c3cc(C(=O)O)c4cc(C)ccc4n3)cc2)cc1. The van der Waals surface area contributed by atoms with E-state index < -0.39 is 5.97 Å². The summed E-state index contributed by atoms with van der Waals surface area (Å²) in [6, 6.07) is 23.1. The Hall–Kier alpha value is -3.66. The monoisotopic (exact) mass is 369 g/mol. The summed E-state index contributed by atoms with van der Waals surface area (Å²) in [5.41, 5.74) is 5.63. The van der Waals surface area contributed by atoms with Crippen LogP contribution in [0.15, 0.2) is 72.8 Å². The molecule has 0 atom stereocenters. The average Bonchev–Trinajstić information content (AvgIpc) is 2.73. The number of aromatic carboxylic acids is 1. The van der Waals surface area contributed by atoms with Crippen LogP contribution in [0.4, 0.5) is 0 Å². The number of carbonyl (C=O) groups is 1. The summed E-state index contributed by atoms with van der Waals surface area (Å²) >= 11 is 0. The summed E-state index contributed by atoms with van der Waals surface area (Å²) in [6.45, 7) is 1.94. The predicted octanol–water partition coefficient (Wildman–Crippen LogP) is 5.58. The normalized spacial score (nSPS) is 10.8. The Morgan fingerprint density at radius 1 is 0.857 bits per heavy atom. The first-order valence-electron chi connectivity index (χ1n) is 8.95. The molecule has 4 nitrogen and oxygen atoms in total. The molecule has 0 spiro atoms. The van der Waals surface area contributed by atoms with E-state index in [4.69, 9.17) is 4.74 Å². The first kappa shape index (κ1) is 17.7. The van der Waals surface area contributed by atoms with Crippen molar-refractivity contribution in [1.29, 1.82) is 0 Å². The van der Waals surface area contributed by atoms with Crippen LogP contribution in [0, 0.1) is 6.92 Å². The lowest BCUT2D eigenvalue weighted by molar-refractivity contribution is 0.0699. The molecule has 28 heavy (non-hydrogen) atoms. The average molecular weight is 369 g/mol. The molecule has 0 aliphatic heterocycles. The number of pyridine rings is 1. The van der Waals surface area contributed by atoms with E-state index in [1.54, 1.807) is 13.2 Å². The number of hydrogen-bond acceptors (Lipinski definition) is 3. The van der Waals surface area contributed by atoms with Gasteiger partial charge in [-0.1, -0.05) is 48.0 Å². The van der Waals surface area contributed by atoms with Crippen LogP contribution in [-0.2, 0) is 0 Å². The Morgan fingerprint density at radius 3 is 2.07 bits per heavy atom. The number of methoxy groups -OCH3 is 1. The molecule has 0 saturated carbocycles. The van der Waals surface area contributed by atoms with E-state index in [0.29, 0.717) is 16.6 Å². The summed E-state index contributed by atoms with van der Waals surface area (Å²) in [4.78, 5) is 16.4. The molecule has 0 unspecified atom stereocenters. The smallest absolute Gasteiger partial charge is 0.336 e. The van der Waals surface area contributed by atoms with Crippen molar-refractivity contribution in [3.05, 3.63) is 83.9 Å². The lowest BCUT2D eigenvalue weighted by Crippen LogP contribution is -2.00. The maximum atomic E-state index is 11.8. The molecule has 4 aromatic rings. The van der Waals surface area contributed by atoms with Gasteiger partial charge in [-0.25, -0.2) is 9.78 Å². The van der Waals surface area contributed by atoms with Gasteiger partial charge in [0, 0.05) is 10.9 Å². The molecule has 3 aromatic carbocycles. The van der Waals surface area contributed by atoms with Crippen molar-refractivity contribution in [3.63, 3.8) is 0 Å². The summed E-state index contributed by atoms with van der Waals surface area (Å²) < 4.78 is 5.20. The fourth-order valence-corrected chi connectivity index (χ4v) is 3.28. The van der Waals surface area contributed by atoms with Gasteiger partial charge in [0.1, 0.15) is 5.75 Å². The van der Waals surface area contributed by atoms with Crippen molar-refractivity contribution < 1.29 is 14.6 Å². The number of ether oxygens (including phenoxy) is 1. The largest absolute Gasteiger partial charge is 0.497 e. The first-order chi connectivity index (χ1) is 13.5. The molecule has 4 rings (SSSR count). The van der Waals surface area contributed by atoms with Gasteiger partial charge in [0.25, 0.3) is 0 Å². The van der Waals surface area contributed by atoms with E-state index in [1.807, 2.05) is 73.7 Å². The van der Waals surface area contributed by atoms with Crippen LogP contribution in [0.1, 0.15) is 15.9 Å². The zero-order valence-electron chi connectivity index (χ0n) is 15.6. The summed E-state index contributed by atoms with van der Waals surface area (Å²) in [5.74, 6) is -0.133. The van der Waals surface area contributed by atoms with Gasteiger partial charge < -0.3 is 9.84 Å². The van der Waals surface area contributed by atoms with Crippen molar-refractivity contribution >= 4 is 16.9 Å². The highest BCUT2D eigenvalue weighted by atomic mass is 16.5. The highest BCUT2D eigenvalue weighted by molar-refractivity contribution is 6.04. The third kappa shape index (κ3) is 3.32. The highest BCUT2D eigenvalue weighted by Gasteiger charge is 2.13. The third-order valence-corrected chi connectivity index (χ3v) is 4.80. The van der Waals surface area contributed by atoms with Gasteiger partial charge in [0.05, 0.1) is 23.9 Å². The standard InChI is InChI=1S/C24H19NO3/c1-15-3-12-22-20(13-15)21(24(26)27)14-23(25-22)18-6-4-16(5-7-18)17-8-10-19(28-2)11-9-17/h3-14H,1-2H3,(H,26,27). The van der Waals surface area contributed by atoms with Gasteiger partial charge in [-0.2, -0.15) is 0 Å². The minimum Gasteiger partial charge on any atom is -0.497 e. The number of fused-ring (bicyclic) bond motifs is 1. The highest BCUT2D eigenvalue weighted by Crippen LogP contribution is 2.28. The molecular formula is C24H19NO3. The second kappa shape index (κ2) is 7.16. The Bertz CT molecular complexity index is 1160. The second-order valence-electron chi connectivity index (χ2n) is 6.69. The summed E-state index contributed by atoms with van der Waals surface area (Å²) in [6.07, 6.45) is 0. The molecule has 0 bridgehead atoms. The number of carboxylic acids is 1. The van der Waals surface area contributed by atoms with Crippen molar-refractivity contribution in [3.8, 4) is 28.1 Å². The molecule has 0 radical (unpaired) electrons. The maximum absolute atomic E-state index is 11.8. The molecule has 138 valence electrons. The van der Waals surface area contributed by atoms with Crippen molar-refractivity contribution in [2.24, 2.45) is 0 Å². The van der Waals surface area contributed by atoms with Crippen LogP contribution in [0.2, 0.25) is 0 Å². The number of aryl methyl sites for hydroxylation is 1. The molecule has 0 amide bonds. The molecule has 0 saturated heterocycles. The summed E-state index contributed by atoms with van der Waals surface area (Å²) in [7, 11) is 1.65. The zero-order valence-corrected chi connectivity index (χ0v) is 15.6. The Morgan fingerprint density at radius 2 is 1.46 bits per heavy atom. The molecule has 4 heteroatoms. The lowest BCUT2D eigenvalue weighted by Gasteiger charge is -2.09. The van der Waals surface area contributed by atoms with E-state index >= 15 is 0 Å². The number of hydrogen-bond donors (Lipinski definition) is 1. The van der Waals surface area contributed by atoms with Crippen LogP contribution in [0.25, 0.3) is 33.3 Å². The Kier molecular flexibility index (Phi) is 4.53. The van der Waals surface area contributed by atoms with E-state index in [0.717, 1.165) is 28.0 Å². The van der Waals surface area contributed by atoms with Crippen LogP contribution in [0.5, 0.6) is 5.75 Å². The first-order valence-corrected chi connectivity index (χ1v) is 8.95. The minimum atomic E-state index is -0.950. The molecule has 1 N–H and O–H groups in total. The fraction of sp³-hybridized carbons (Fsp3) is 0.0833. The Balaban J connectivity index is 1.75. The molecular weight excluding hydrogens is 350 g/mol. The topological polar surface area (TPSA) is 59.4 Å². The number of benzene rings is 3. The fourth-order valence-electron chi connectivity index (χ4n) is 3.28. The number of rotatable bonds is 4. The molecule has 0 aliphatic carbocycles. The minimum absolute atomic E-state index is 0.267. The second-order valence-corrected chi connectivity index (χ2v) is 6.69. The molecule has 0 fully saturated rings. The van der Waals surface area contributed by atoms with E-state index in [1.165, 1.54) is 0 Å². The quantitative estimate of drug-likeness (QED) is 0.510. The van der Waals surface area contributed by atoms with Crippen LogP contribution >= 0.6 is 0 Å². The number of nitrogens with zero attached hydrogens (tertiary/aromatic N) is 1. The van der Waals surface area contributed by atoms with Gasteiger partial charge in [0.2, 0.25) is 0 Å². The van der Waals surface area contributed by atoms with Gasteiger partial charge in [-0.15, -0.1) is 0 Å². The summed E-state index contributed by atoms with van der Waals surface area (Å²) in [5, 5.41) is 10.3. The maximum Gasteiger partial charge on any atom is 0.336 e. The van der Waals surface area contributed by atoms with Crippen LogP contribution < -0.4 is 4.74 Å². The van der Waals surface area contributed by atoms with E-state index in [2.05, 4.69) is 4.98 Å². The molecule has 0 aliphatic rings. The van der Waals surface area contributed by atoms with Crippen molar-refractivity contribution in [1.82, 2.24) is 4.98 Å². The van der Waals surface area contributed by atoms with Crippen LogP contribution in [-0.4, -0.2) is 23.2 Å². The van der Waals surface area contributed by atoms with E-state index in [-0.39, 0.29) is 5.56 Å². The Labute approximate surface area is 163 Å². The van der Waals surface area contributed by atoms with Crippen molar-refractivity contribution in [2.75, 3.05) is 7.11 Å². The van der Waals surface area contributed by atoms with Gasteiger partial charge in [-0.3, -0.25) is 0 Å². The third-order valence-electron chi connectivity index (χ3n) is 4.80. The molecule has 1 aromatic heterocycles. The van der Waals surface area contributed by atoms with E-state index in [9.17, 15) is 9.90 Å². The number of carboxylic acid groups (broad SMARTS) is 1. The van der Waals surface area contributed by atoms with Gasteiger partial charge >= 0.3 is 5.97 Å². The van der Waals surface area contributed by atoms with Gasteiger partial charge in [0.15, 0.2) is 0 Å². The van der Waals surface area contributed by atoms with Gasteiger partial charge in [-0.05, 0) is 48.4 Å². The molecule has 1 heterocycles.